The van der Waals surface area contributed by atoms with Crippen LogP contribution < -0.4 is 9.64 Å². The van der Waals surface area contributed by atoms with Crippen LogP contribution in [0.15, 0.2) is 30.6 Å². The minimum Gasteiger partial charge on any atom is -0.496 e. The van der Waals surface area contributed by atoms with E-state index in [0.29, 0.717) is 48.3 Å². The number of carbonyl (C=O) groups excluding carboxylic acids is 1. The van der Waals surface area contributed by atoms with Crippen LogP contribution in [0.5, 0.6) is 5.75 Å². The van der Waals surface area contributed by atoms with Crippen molar-refractivity contribution in [2.45, 2.75) is 19.8 Å². The molecule has 0 bridgehead atoms. The number of hydrogen-bond acceptors (Lipinski definition) is 6. The molecule has 9 heteroatoms. The van der Waals surface area contributed by atoms with E-state index in [9.17, 15) is 4.79 Å². The fourth-order valence-electron chi connectivity index (χ4n) is 3.62. The number of methoxy groups -OCH3 is 1. The van der Waals surface area contributed by atoms with Crippen molar-refractivity contribution in [3.63, 3.8) is 0 Å². The number of benzene rings is 1. The molecule has 3 heterocycles. The van der Waals surface area contributed by atoms with Gasteiger partial charge in [-0.25, -0.2) is 0 Å². The van der Waals surface area contributed by atoms with E-state index in [1.54, 1.807) is 31.6 Å². The lowest BCUT2D eigenvalue weighted by molar-refractivity contribution is 0.0743. The first-order valence-corrected chi connectivity index (χ1v) is 10.1. The van der Waals surface area contributed by atoms with E-state index in [4.69, 9.17) is 16.3 Å². The van der Waals surface area contributed by atoms with Crippen molar-refractivity contribution < 1.29 is 9.53 Å². The van der Waals surface area contributed by atoms with Crippen LogP contribution in [0.25, 0.3) is 5.78 Å². The highest BCUT2D eigenvalue weighted by Gasteiger charge is 2.25. The predicted molar refractivity (Wildman–Crippen MR) is 111 cm³/mol. The molecule has 152 valence electrons. The molecule has 0 atom stereocenters. The lowest BCUT2D eigenvalue weighted by atomic mass is 10.1. The average molecular weight is 415 g/mol. The van der Waals surface area contributed by atoms with E-state index in [2.05, 4.69) is 33.1 Å². The minimum atomic E-state index is -0.0503. The van der Waals surface area contributed by atoms with Crippen LogP contribution in [-0.4, -0.2) is 63.7 Å². The van der Waals surface area contributed by atoms with Crippen LogP contribution in [-0.2, 0) is 6.42 Å². The second-order valence-electron chi connectivity index (χ2n) is 6.98. The summed E-state index contributed by atoms with van der Waals surface area (Å²) < 4.78 is 7.26. The van der Waals surface area contributed by atoms with Gasteiger partial charge in [-0.1, -0.05) is 24.9 Å². The number of nitrogens with zero attached hydrogens (tertiary/aromatic N) is 6. The number of ether oxygens (including phenoxy) is 1. The highest BCUT2D eigenvalue weighted by atomic mass is 35.5. The number of carbonyl (C=O) groups is 1. The maximum absolute atomic E-state index is 13.0. The van der Waals surface area contributed by atoms with Crippen LogP contribution in [0, 0.1) is 0 Å². The van der Waals surface area contributed by atoms with Gasteiger partial charge in [0.2, 0.25) is 0 Å². The summed E-state index contributed by atoms with van der Waals surface area (Å²) in [5, 5.41) is 8.63. The molecular formula is C20H23ClN6O2. The maximum Gasteiger partial charge on any atom is 0.257 e. The molecule has 0 unspecified atom stereocenters. The molecule has 1 amide bonds. The van der Waals surface area contributed by atoms with Gasteiger partial charge in [-0.3, -0.25) is 9.20 Å². The first-order chi connectivity index (χ1) is 14.1. The molecule has 0 spiro atoms. The molecule has 0 radical (unpaired) electrons. The topological polar surface area (TPSA) is 75.9 Å². The molecule has 1 aliphatic heterocycles. The number of fused-ring (bicyclic) bond motifs is 1. The lowest BCUT2D eigenvalue weighted by Gasteiger charge is -2.35. The molecule has 1 fully saturated rings. The van der Waals surface area contributed by atoms with E-state index in [0.717, 1.165) is 24.4 Å². The maximum atomic E-state index is 13.0. The third-order valence-corrected chi connectivity index (χ3v) is 5.38. The second kappa shape index (κ2) is 8.24. The number of hydrogen-bond donors (Lipinski definition) is 0. The molecule has 1 aromatic carbocycles. The van der Waals surface area contributed by atoms with Crippen molar-refractivity contribution >= 4 is 29.1 Å². The quantitative estimate of drug-likeness (QED) is 0.639. The van der Waals surface area contributed by atoms with Gasteiger partial charge in [0.05, 0.1) is 12.7 Å². The molecule has 4 rings (SSSR count). The Morgan fingerprint density at radius 3 is 2.72 bits per heavy atom. The monoisotopic (exact) mass is 414 g/mol. The van der Waals surface area contributed by atoms with E-state index in [-0.39, 0.29) is 5.91 Å². The van der Waals surface area contributed by atoms with Gasteiger partial charge in [0.1, 0.15) is 17.9 Å². The molecule has 2 aromatic heterocycles. The van der Waals surface area contributed by atoms with Gasteiger partial charge in [-0.05, 0) is 24.6 Å². The van der Waals surface area contributed by atoms with Crippen molar-refractivity contribution in [1.29, 1.82) is 0 Å². The predicted octanol–water partition coefficient (Wildman–Crippen LogP) is 2.70. The Hall–Kier alpha value is -2.87. The Labute approximate surface area is 174 Å². The van der Waals surface area contributed by atoms with Gasteiger partial charge < -0.3 is 14.5 Å². The highest BCUT2D eigenvalue weighted by Crippen LogP contribution is 2.25. The van der Waals surface area contributed by atoms with E-state index in [1.807, 2.05) is 9.30 Å². The van der Waals surface area contributed by atoms with Crippen LogP contribution in [0.2, 0.25) is 5.02 Å². The zero-order valence-corrected chi connectivity index (χ0v) is 17.3. The number of aryl methyl sites for hydroxylation is 1. The standard InChI is InChI=1S/C20H23ClN6O2/c1-3-4-15-12-18(23-20-24-22-13-27(15)20)25-7-9-26(10-8-25)19(28)16-6-5-14(21)11-17(16)29-2/h5-6,11-13H,3-4,7-10H2,1-2H3. The van der Waals surface area contributed by atoms with E-state index >= 15 is 0 Å². The summed E-state index contributed by atoms with van der Waals surface area (Å²) in [4.78, 5) is 21.6. The molecule has 0 saturated carbocycles. The minimum absolute atomic E-state index is 0.0503. The molecule has 0 N–H and O–H groups in total. The van der Waals surface area contributed by atoms with Crippen molar-refractivity contribution in [3.8, 4) is 5.75 Å². The van der Waals surface area contributed by atoms with Gasteiger partial charge in [0.25, 0.3) is 11.7 Å². The van der Waals surface area contributed by atoms with Gasteiger partial charge >= 0.3 is 0 Å². The van der Waals surface area contributed by atoms with E-state index < -0.39 is 0 Å². The third kappa shape index (κ3) is 3.85. The first kappa shape index (κ1) is 19.4. The van der Waals surface area contributed by atoms with Gasteiger partial charge in [0, 0.05) is 43.0 Å². The highest BCUT2D eigenvalue weighted by molar-refractivity contribution is 6.30. The Kier molecular flexibility index (Phi) is 5.53. The second-order valence-corrected chi connectivity index (χ2v) is 7.42. The molecule has 29 heavy (non-hydrogen) atoms. The first-order valence-electron chi connectivity index (χ1n) is 9.68. The number of anilines is 1. The zero-order chi connectivity index (χ0) is 20.4. The SMILES string of the molecule is CCCc1cc(N2CCN(C(=O)c3ccc(Cl)cc3OC)CC2)nc2nncn12. The van der Waals surface area contributed by atoms with Crippen molar-refractivity contribution in [2.24, 2.45) is 0 Å². The number of piperazine rings is 1. The summed E-state index contributed by atoms with van der Waals surface area (Å²) in [6.45, 7) is 4.75. The summed E-state index contributed by atoms with van der Waals surface area (Å²) >= 11 is 6.01. The zero-order valence-electron chi connectivity index (χ0n) is 16.5. The fourth-order valence-corrected chi connectivity index (χ4v) is 3.78. The summed E-state index contributed by atoms with van der Waals surface area (Å²) in [7, 11) is 1.54. The number of halogens is 1. The van der Waals surface area contributed by atoms with Crippen LogP contribution in [0.3, 0.4) is 0 Å². The Morgan fingerprint density at radius 2 is 2.00 bits per heavy atom. The Balaban J connectivity index is 1.50. The average Bonchev–Trinajstić information content (AvgIpc) is 3.22. The Bertz CT molecular complexity index is 1030. The summed E-state index contributed by atoms with van der Waals surface area (Å²) in [6, 6.07) is 7.19. The molecule has 8 nitrogen and oxygen atoms in total. The number of amides is 1. The lowest BCUT2D eigenvalue weighted by Crippen LogP contribution is -2.49. The van der Waals surface area contributed by atoms with Crippen molar-refractivity contribution in [1.82, 2.24) is 24.5 Å². The summed E-state index contributed by atoms with van der Waals surface area (Å²) in [5.41, 5.74) is 1.67. The Morgan fingerprint density at radius 1 is 1.21 bits per heavy atom. The third-order valence-electron chi connectivity index (χ3n) is 5.14. The van der Waals surface area contributed by atoms with Crippen molar-refractivity contribution in [3.05, 3.63) is 46.9 Å². The fraction of sp³-hybridized carbons (Fsp3) is 0.400. The number of aromatic nitrogens is 4. The van der Waals surface area contributed by atoms with Gasteiger partial charge in [0.15, 0.2) is 0 Å². The van der Waals surface area contributed by atoms with Crippen LogP contribution in [0.4, 0.5) is 5.82 Å². The van der Waals surface area contributed by atoms with Gasteiger partial charge in [-0.2, -0.15) is 4.98 Å². The molecule has 1 saturated heterocycles. The molecule has 0 aliphatic carbocycles. The van der Waals surface area contributed by atoms with Gasteiger partial charge in [-0.15, -0.1) is 10.2 Å². The number of rotatable bonds is 5. The summed E-state index contributed by atoms with van der Waals surface area (Å²) in [6.07, 6.45) is 3.66. The smallest absolute Gasteiger partial charge is 0.257 e. The van der Waals surface area contributed by atoms with E-state index in [1.165, 1.54) is 0 Å². The van der Waals surface area contributed by atoms with Crippen LogP contribution >= 0.6 is 11.6 Å². The normalized spacial score (nSPS) is 14.4. The summed E-state index contributed by atoms with van der Waals surface area (Å²) in [5.74, 6) is 1.93. The largest absolute Gasteiger partial charge is 0.496 e. The molecule has 3 aromatic rings. The molecule has 1 aliphatic rings. The molecular weight excluding hydrogens is 392 g/mol. The van der Waals surface area contributed by atoms with Crippen LogP contribution in [0.1, 0.15) is 29.4 Å². The van der Waals surface area contributed by atoms with Crippen molar-refractivity contribution in [2.75, 3.05) is 38.2 Å².